The number of allylic oxidation sites excluding steroid dienone is 1. The Morgan fingerprint density at radius 1 is 1.23 bits per heavy atom. The Bertz CT molecular complexity index is 1300. The minimum absolute atomic E-state index is 0.255. The number of aryl methyl sites for hydroxylation is 1. The summed E-state index contributed by atoms with van der Waals surface area (Å²) in [7, 11) is 7.06. The summed E-state index contributed by atoms with van der Waals surface area (Å²) in [6, 6.07) is 7.59. The van der Waals surface area contributed by atoms with E-state index in [1.165, 1.54) is 19.5 Å². The zero-order valence-corrected chi connectivity index (χ0v) is 23.7. The zero-order valence-electron chi connectivity index (χ0n) is 23.7. The lowest BCUT2D eigenvalue weighted by Gasteiger charge is -2.28. The number of aliphatic hydroxyl groups is 1. The molecule has 2 aromatic heterocycles. The molecule has 1 unspecified atom stereocenters. The number of aldehydes is 1. The van der Waals surface area contributed by atoms with Crippen LogP contribution in [0, 0.1) is 0 Å². The van der Waals surface area contributed by atoms with Gasteiger partial charge in [-0.15, -0.1) is 0 Å². The average Bonchev–Trinajstić information content (AvgIpc) is 3.28. The van der Waals surface area contributed by atoms with Crippen molar-refractivity contribution in [2.24, 2.45) is 17.0 Å². The molecule has 0 aliphatic carbocycles. The van der Waals surface area contributed by atoms with Gasteiger partial charge in [0.1, 0.15) is 5.82 Å². The van der Waals surface area contributed by atoms with Crippen molar-refractivity contribution < 1.29 is 19.8 Å². The molecule has 0 bridgehead atoms. The van der Waals surface area contributed by atoms with E-state index in [1.54, 1.807) is 12.4 Å². The highest BCUT2D eigenvalue weighted by molar-refractivity contribution is 6.01. The van der Waals surface area contributed by atoms with Gasteiger partial charge in [0.2, 0.25) is 0 Å². The molecule has 3 aromatic rings. The first kappa shape index (κ1) is 32.3. The minimum Gasteiger partial charge on any atom is -0.389 e. The summed E-state index contributed by atoms with van der Waals surface area (Å²) in [6.45, 7) is 7.96. The van der Waals surface area contributed by atoms with E-state index in [4.69, 9.17) is 24.9 Å². The van der Waals surface area contributed by atoms with E-state index in [0.29, 0.717) is 61.0 Å². The standard InChI is InChI=1S/C24H27N7O3.C2H7N.CH5NO/c1-16(33)18-5-4-6-19(11-18)22-28-23-21(24(29-22)31-7-9-34-10-8-31)27-20(30(23)3)14-26-13-17(15-32)12-25-2;1-3-2;1-2-3/h4-6,11-13,15-16,33H,2,7-10,14H2,1,3H3;3H,1-2H3;2-3H,1H3/b17-12+,26-13?;;. The molecule has 13 nitrogen and oxygen atoms in total. The Morgan fingerprint density at radius 2 is 1.90 bits per heavy atom. The predicted molar refractivity (Wildman–Crippen MR) is 157 cm³/mol. The number of imidazole rings is 1. The van der Waals surface area contributed by atoms with Crippen LogP contribution >= 0.6 is 0 Å². The van der Waals surface area contributed by atoms with Crippen LogP contribution in [-0.2, 0) is 23.1 Å². The summed E-state index contributed by atoms with van der Waals surface area (Å²) in [4.78, 5) is 35.7. The fraction of sp³-hybridized carbons (Fsp3) is 0.407. The Balaban J connectivity index is 0.000000858. The van der Waals surface area contributed by atoms with Gasteiger partial charge in [-0.05, 0) is 39.4 Å². The number of anilines is 1. The number of hydroxylamine groups is 1. The third-order valence-corrected chi connectivity index (χ3v) is 5.58. The number of aliphatic imine (C=N–C) groups is 2. The molecule has 3 heterocycles. The number of nitrogens with zero attached hydrogens (tertiary/aromatic N) is 7. The van der Waals surface area contributed by atoms with Crippen molar-refractivity contribution in [3.8, 4) is 11.4 Å². The quantitative estimate of drug-likeness (QED) is 0.140. The number of ether oxygens (including phenoxy) is 1. The van der Waals surface area contributed by atoms with Crippen LogP contribution in [-0.4, -0.2) is 96.5 Å². The van der Waals surface area contributed by atoms with Crippen LogP contribution in [0.4, 0.5) is 5.82 Å². The second-order valence-electron chi connectivity index (χ2n) is 8.65. The summed E-state index contributed by atoms with van der Waals surface area (Å²) in [6.07, 6.45) is 2.87. The molecule has 0 saturated carbocycles. The van der Waals surface area contributed by atoms with Crippen molar-refractivity contribution in [2.75, 3.05) is 52.3 Å². The van der Waals surface area contributed by atoms with E-state index in [0.717, 1.165) is 16.9 Å². The van der Waals surface area contributed by atoms with Gasteiger partial charge < -0.3 is 29.8 Å². The van der Waals surface area contributed by atoms with Crippen molar-refractivity contribution in [1.29, 1.82) is 0 Å². The lowest BCUT2D eigenvalue weighted by Crippen LogP contribution is -2.37. The molecule has 216 valence electrons. The number of carbonyl (C=O) groups excluding carboxylic acids is 1. The fourth-order valence-corrected chi connectivity index (χ4v) is 3.73. The Morgan fingerprint density at radius 3 is 2.50 bits per heavy atom. The second kappa shape index (κ2) is 16.9. The molecule has 4 rings (SSSR count). The summed E-state index contributed by atoms with van der Waals surface area (Å²) >= 11 is 0. The molecule has 40 heavy (non-hydrogen) atoms. The Labute approximate surface area is 234 Å². The normalized spacial score (nSPS) is 14.3. The summed E-state index contributed by atoms with van der Waals surface area (Å²) in [5, 5.41) is 20.1. The van der Waals surface area contributed by atoms with Crippen molar-refractivity contribution in [3.63, 3.8) is 0 Å². The lowest BCUT2D eigenvalue weighted by molar-refractivity contribution is -0.104. The number of morpholine rings is 1. The maximum atomic E-state index is 11.1. The highest BCUT2D eigenvalue weighted by Crippen LogP contribution is 2.29. The van der Waals surface area contributed by atoms with E-state index < -0.39 is 6.10 Å². The molecule has 1 aliphatic rings. The van der Waals surface area contributed by atoms with Crippen molar-refractivity contribution >= 4 is 36.2 Å². The first-order valence-corrected chi connectivity index (χ1v) is 12.7. The smallest absolute Gasteiger partial charge is 0.166 e. The molecule has 1 fully saturated rings. The second-order valence-corrected chi connectivity index (χ2v) is 8.65. The maximum absolute atomic E-state index is 11.1. The summed E-state index contributed by atoms with van der Waals surface area (Å²) in [5.41, 5.74) is 5.04. The van der Waals surface area contributed by atoms with Crippen LogP contribution in [0.15, 0.2) is 46.0 Å². The third-order valence-electron chi connectivity index (χ3n) is 5.58. The molecular formula is C27H39N9O4. The van der Waals surface area contributed by atoms with Crippen LogP contribution in [0.5, 0.6) is 0 Å². The van der Waals surface area contributed by atoms with Gasteiger partial charge in [-0.3, -0.25) is 14.8 Å². The van der Waals surface area contributed by atoms with Gasteiger partial charge in [-0.25, -0.2) is 20.4 Å². The van der Waals surface area contributed by atoms with Crippen LogP contribution in [0.25, 0.3) is 22.6 Å². The molecule has 1 aromatic carbocycles. The molecule has 0 amide bonds. The number of hydrogen-bond acceptors (Lipinski definition) is 12. The number of nitrogens with one attached hydrogen (secondary N) is 2. The van der Waals surface area contributed by atoms with Crippen molar-refractivity contribution in [2.45, 2.75) is 19.6 Å². The van der Waals surface area contributed by atoms with Crippen molar-refractivity contribution in [1.82, 2.24) is 30.3 Å². The van der Waals surface area contributed by atoms with E-state index in [9.17, 15) is 9.90 Å². The third kappa shape index (κ3) is 8.83. The number of benzene rings is 1. The average molecular weight is 554 g/mol. The topological polar surface area (TPSA) is 162 Å². The number of fused-ring (bicyclic) bond motifs is 1. The molecule has 13 heteroatoms. The van der Waals surface area contributed by atoms with Gasteiger partial charge in [-0.1, -0.05) is 18.2 Å². The van der Waals surface area contributed by atoms with E-state index in [-0.39, 0.29) is 6.54 Å². The minimum atomic E-state index is -0.592. The summed E-state index contributed by atoms with van der Waals surface area (Å²) in [5.74, 6) is 1.97. The molecule has 1 aliphatic heterocycles. The molecule has 1 saturated heterocycles. The largest absolute Gasteiger partial charge is 0.389 e. The van der Waals surface area contributed by atoms with Crippen LogP contribution < -0.4 is 15.7 Å². The predicted octanol–water partition coefficient (Wildman–Crippen LogP) is 1.71. The Hall–Kier alpha value is -3.88. The van der Waals surface area contributed by atoms with Gasteiger partial charge >= 0.3 is 0 Å². The maximum Gasteiger partial charge on any atom is 0.166 e. The first-order chi connectivity index (χ1) is 19.3. The molecule has 0 radical (unpaired) electrons. The van der Waals surface area contributed by atoms with Crippen LogP contribution in [0.2, 0.25) is 0 Å². The number of aliphatic hydroxyl groups excluding tert-OH is 1. The number of carbonyl (C=O) groups is 1. The highest BCUT2D eigenvalue weighted by Gasteiger charge is 2.22. The van der Waals surface area contributed by atoms with E-state index in [1.807, 2.05) is 50.0 Å². The summed E-state index contributed by atoms with van der Waals surface area (Å²) < 4.78 is 7.41. The lowest BCUT2D eigenvalue weighted by atomic mass is 10.1. The zero-order chi connectivity index (χ0) is 29.5. The van der Waals surface area contributed by atoms with E-state index in [2.05, 4.69) is 26.9 Å². The highest BCUT2D eigenvalue weighted by atomic mass is 16.5. The van der Waals surface area contributed by atoms with E-state index >= 15 is 0 Å². The van der Waals surface area contributed by atoms with Gasteiger partial charge in [0.25, 0.3) is 0 Å². The van der Waals surface area contributed by atoms with Gasteiger partial charge in [-0.2, -0.15) is 0 Å². The van der Waals surface area contributed by atoms with Gasteiger partial charge in [0.05, 0.1) is 31.4 Å². The first-order valence-electron chi connectivity index (χ1n) is 12.7. The van der Waals surface area contributed by atoms with Crippen LogP contribution in [0.3, 0.4) is 0 Å². The Kier molecular flexibility index (Phi) is 13.7. The van der Waals surface area contributed by atoms with Crippen molar-refractivity contribution in [3.05, 3.63) is 47.4 Å². The van der Waals surface area contributed by atoms with Gasteiger partial charge in [0.15, 0.2) is 29.1 Å². The number of rotatable bonds is 8. The van der Waals surface area contributed by atoms with Gasteiger partial charge in [0, 0.05) is 45.2 Å². The SMILES string of the molecule is C=N/C=C(/C=O)C=NCc1nc2c(N3CCOCC3)nc(-c3cccc(C(C)O)c3)nc2n1C.CNC.CNO. The monoisotopic (exact) mass is 553 g/mol. The molecule has 4 N–H and O–H groups in total. The van der Waals surface area contributed by atoms with Crippen LogP contribution in [0.1, 0.15) is 24.4 Å². The molecular weight excluding hydrogens is 514 g/mol. The fourth-order valence-electron chi connectivity index (χ4n) is 3.73. The number of aromatic nitrogens is 4. The molecule has 0 spiro atoms. The molecule has 1 atom stereocenters. The number of hydrogen-bond donors (Lipinski definition) is 4.